The zero-order valence-electron chi connectivity index (χ0n) is 22.9. The fraction of sp³-hybridized carbons (Fsp3) is 0.419. The van der Waals surface area contributed by atoms with Crippen LogP contribution in [-0.4, -0.2) is 57.5 Å². The molecule has 0 fully saturated rings. The first-order valence-electron chi connectivity index (χ1n) is 12.8. The number of aliphatic hydroxyl groups is 1. The van der Waals surface area contributed by atoms with Gasteiger partial charge in [-0.3, -0.25) is 4.79 Å². The second kappa shape index (κ2) is 19.7. The molecule has 7 heteroatoms. The van der Waals surface area contributed by atoms with Crippen molar-refractivity contribution in [3.8, 4) is 11.5 Å². The van der Waals surface area contributed by atoms with Gasteiger partial charge in [-0.2, -0.15) is 0 Å². The average Bonchev–Trinajstić information content (AvgIpc) is 2.94. The minimum atomic E-state index is -0.391. The molecule has 1 unspecified atom stereocenters. The maximum absolute atomic E-state index is 11.7. The van der Waals surface area contributed by atoms with E-state index < -0.39 is 5.97 Å². The number of esters is 1. The summed E-state index contributed by atoms with van der Waals surface area (Å²) in [6.07, 6.45) is 5.39. The number of methoxy groups -OCH3 is 1. The van der Waals surface area contributed by atoms with Gasteiger partial charge in [-0.15, -0.1) is 0 Å². The number of aldehydes is 1. The molecule has 0 aliphatic heterocycles. The van der Waals surface area contributed by atoms with Gasteiger partial charge in [0.15, 0.2) is 0 Å². The molecule has 0 bridgehead atoms. The number of aliphatic hydroxyl groups excluding tert-OH is 1. The van der Waals surface area contributed by atoms with Crippen molar-refractivity contribution in [1.82, 2.24) is 0 Å². The third-order valence-electron chi connectivity index (χ3n) is 5.47. The van der Waals surface area contributed by atoms with Crippen LogP contribution in [0.15, 0.2) is 72.8 Å². The van der Waals surface area contributed by atoms with Crippen LogP contribution in [0.4, 0.5) is 0 Å². The summed E-state index contributed by atoms with van der Waals surface area (Å²) in [4.78, 5) is 21.1. The fourth-order valence-electron chi connectivity index (χ4n) is 3.27. The summed E-state index contributed by atoms with van der Waals surface area (Å²) in [5.74, 6) is 1.18. The lowest BCUT2D eigenvalue weighted by atomic mass is 10.0. The number of unbranched alkanes of at least 4 members (excludes halogenated alkanes) is 2. The molecule has 0 spiro atoms. The number of hydrogen-bond donors (Lipinski definition) is 1. The Balaban J connectivity index is 0.00000107. The van der Waals surface area contributed by atoms with Crippen LogP contribution in [0, 0.1) is 0 Å². The van der Waals surface area contributed by atoms with Crippen LogP contribution in [0.25, 0.3) is 0 Å². The monoisotopic (exact) mass is 526 g/mol. The van der Waals surface area contributed by atoms with Crippen LogP contribution >= 0.6 is 0 Å². The summed E-state index contributed by atoms with van der Waals surface area (Å²) < 4.78 is 22.1. The van der Waals surface area contributed by atoms with Crippen molar-refractivity contribution in [3.63, 3.8) is 0 Å². The summed E-state index contributed by atoms with van der Waals surface area (Å²) in [7, 11) is 1.63. The van der Waals surface area contributed by atoms with E-state index in [4.69, 9.17) is 24.1 Å². The lowest BCUT2D eigenvalue weighted by molar-refractivity contribution is -0.139. The van der Waals surface area contributed by atoms with Gasteiger partial charge in [0.05, 0.1) is 13.2 Å². The molecule has 0 radical (unpaired) electrons. The second-order valence-electron chi connectivity index (χ2n) is 8.83. The Morgan fingerprint density at radius 1 is 0.947 bits per heavy atom. The molecule has 7 nitrogen and oxygen atoms in total. The highest BCUT2D eigenvalue weighted by Gasteiger charge is 2.15. The van der Waals surface area contributed by atoms with E-state index in [1.165, 1.54) is 24.8 Å². The molecule has 0 aliphatic rings. The van der Waals surface area contributed by atoms with E-state index in [2.05, 4.69) is 32.2 Å². The lowest BCUT2D eigenvalue weighted by Gasteiger charge is -2.17. The Hall–Kier alpha value is -3.42. The summed E-state index contributed by atoms with van der Waals surface area (Å²) in [6.45, 7) is 12.0. The van der Waals surface area contributed by atoms with Crippen LogP contribution in [0.5, 0.6) is 11.5 Å². The molecule has 2 aromatic rings. The van der Waals surface area contributed by atoms with E-state index in [9.17, 15) is 9.59 Å². The quantitative estimate of drug-likeness (QED) is 0.127. The van der Waals surface area contributed by atoms with Gasteiger partial charge in [0, 0.05) is 24.2 Å². The zero-order valence-corrected chi connectivity index (χ0v) is 22.9. The first kappa shape index (κ1) is 32.6. The maximum atomic E-state index is 11.7. The van der Waals surface area contributed by atoms with E-state index in [1.807, 2.05) is 36.4 Å². The third kappa shape index (κ3) is 13.8. The molecule has 0 amide bonds. The Bertz CT molecular complexity index is 965. The molecule has 1 N–H and O–H groups in total. The predicted molar refractivity (Wildman–Crippen MR) is 150 cm³/mol. The fourth-order valence-corrected chi connectivity index (χ4v) is 3.27. The Morgan fingerprint density at radius 2 is 1.53 bits per heavy atom. The molecule has 0 aliphatic carbocycles. The molecule has 2 rings (SSSR count). The van der Waals surface area contributed by atoms with E-state index in [0.717, 1.165) is 23.5 Å². The van der Waals surface area contributed by atoms with Crippen molar-refractivity contribution >= 4 is 12.3 Å². The molecule has 0 aromatic heterocycles. The second-order valence-corrected chi connectivity index (χ2v) is 8.83. The summed E-state index contributed by atoms with van der Waals surface area (Å²) in [5.41, 5.74) is 2.97. The van der Waals surface area contributed by atoms with Crippen molar-refractivity contribution in [3.05, 3.63) is 84.0 Å². The highest BCUT2D eigenvalue weighted by molar-refractivity contribution is 5.86. The summed E-state index contributed by atoms with van der Waals surface area (Å²) >= 11 is 0. The van der Waals surface area contributed by atoms with Crippen LogP contribution in [-0.2, 0) is 25.5 Å². The Morgan fingerprint density at radius 3 is 1.97 bits per heavy atom. The van der Waals surface area contributed by atoms with Crippen LogP contribution < -0.4 is 9.47 Å². The Labute approximate surface area is 227 Å². The number of aryl methyl sites for hydroxylation is 1. The minimum Gasteiger partial charge on any atom is -0.490 e. The Kier molecular flexibility index (Phi) is 16.9. The standard InChI is InChI=1S/C27H36O5.C4H6O2/c1-5-6-7-8-22-9-13-25(14-10-22)30-17-18-31-26-15-11-23(12-16-26)24(19-29-4)20-32-27(28)21(2)3;1-4(2-5)3-6/h9-16,24H,2,5-8,17-20H2,1,3-4H3;2,6H,1,3H2. The predicted octanol–water partition coefficient (Wildman–Crippen LogP) is 5.46. The minimum absolute atomic E-state index is 0.0503. The largest absolute Gasteiger partial charge is 0.490 e. The van der Waals surface area contributed by atoms with E-state index in [1.54, 1.807) is 14.0 Å². The molecule has 1 atom stereocenters. The molecule has 0 saturated heterocycles. The van der Waals surface area contributed by atoms with Gasteiger partial charge in [-0.1, -0.05) is 57.2 Å². The van der Waals surface area contributed by atoms with Crippen molar-refractivity contribution in [2.75, 3.05) is 40.1 Å². The molecule has 208 valence electrons. The van der Waals surface area contributed by atoms with E-state index in [0.29, 0.717) is 31.7 Å². The molecule has 38 heavy (non-hydrogen) atoms. The lowest BCUT2D eigenvalue weighted by Crippen LogP contribution is -2.17. The smallest absolute Gasteiger partial charge is 0.333 e. The number of benzene rings is 2. The first-order valence-corrected chi connectivity index (χ1v) is 12.8. The molecular formula is C31H42O7. The molecule has 0 heterocycles. The number of ether oxygens (including phenoxy) is 4. The number of rotatable bonds is 17. The highest BCUT2D eigenvalue weighted by atomic mass is 16.5. The number of carbonyl (C=O) groups is 2. The molecule has 0 saturated carbocycles. The summed E-state index contributed by atoms with van der Waals surface area (Å²) in [6, 6.07) is 16.0. The molecular weight excluding hydrogens is 484 g/mol. The van der Waals surface area contributed by atoms with Crippen molar-refractivity contribution in [2.45, 2.75) is 45.4 Å². The maximum Gasteiger partial charge on any atom is 0.333 e. The SMILES string of the molecule is C=C(C)C(=O)OCC(COC)c1ccc(OCCOc2ccc(CCCCC)cc2)cc1.C=C(C=O)CO. The van der Waals surface area contributed by atoms with Gasteiger partial charge in [0.2, 0.25) is 0 Å². The van der Waals surface area contributed by atoms with Crippen molar-refractivity contribution in [2.24, 2.45) is 0 Å². The number of hydrogen-bond acceptors (Lipinski definition) is 7. The molecule has 2 aromatic carbocycles. The normalized spacial score (nSPS) is 10.9. The zero-order chi connectivity index (χ0) is 28.2. The van der Waals surface area contributed by atoms with Gasteiger partial charge < -0.3 is 24.1 Å². The van der Waals surface area contributed by atoms with Gasteiger partial charge in [0.25, 0.3) is 0 Å². The average molecular weight is 527 g/mol. The van der Waals surface area contributed by atoms with E-state index in [-0.39, 0.29) is 24.7 Å². The van der Waals surface area contributed by atoms with Crippen LogP contribution in [0.1, 0.15) is 50.2 Å². The first-order chi connectivity index (χ1) is 18.3. The number of carbonyl (C=O) groups excluding carboxylic acids is 2. The van der Waals surface area contributed by atoms with Gasteiger partial charge in [-0.25, -0.2) is 4.79 Å². The third-order valence-corrected chi connectivity index (χ3v) is 5.47. The van der Waals surface area contributed by atoms with Gasteiger partial charge in [0.1, 0.15) is 37.6 Å². The highest BCUT2D eigenvalue weighted by Crippen LogP contribution is 2.21. The summed E-state index contributed by atoms with van der Waals surface area (Å²) in [5, 5.41) is 8.00. The van der Waals surface area contributed by atoms with Crippen LogP contribution in [0.2, 0.25) is 0 Å². The van der Waals surface area contributed by atoms with E-state index >= 15 is 0 Å². The van der Waals surface area contributed by atoms with Crippen molar-refractivity contribution < 1.29 is 33.6 Å². The van der Waals surface area contributed by atoms with Gasteiger partial charge in [-0.05, 0) is 55.2 Å². The topological polar surface area (TPSA) is 91.3 Å². The van der Waals surface area contributed by atoms with Gasteiger partial charge >= 0.3 is 5.97 Å². The van der Waals surface area contributed by atoms with Crippen LogP contribution in [0.3, 0.4) is 0 Å². The van der Waals surface area contributed by atoms with Crippen molar-refractivity contribution in [1.29, 1.82) is 0 Å².